The van der Waals surface area contributed by atoms with Crippen molar-refractivity contribution in [3.05, 3.63) is 35.6 Å². The quantitative estimate of drug-likeness (QED) is 0.334. The molecule has 0 unspecified atom stereocenters. The summed E-state index contributed by atoms with van der Waals surface area (Å²) < 4.78 is 18.5. The number of guanidine groups is 1. The summed E-state index contributed by atoms with van der Waals surface area (Å²) in [4.78, 5) is 6.43. The molecule has 0 aliphatic carbocycles. The summed E-state index contributed by atoms with van der Waals surface area (Å²) in [5.41, 5.74) is 0.763. The molecule has 0 spiro atoms. The van der Waals surface area contributed by atoms with E-state index in [1.54, 1.807) is 26.3 Å². The van der Waals surface area contributed by atoms with Gasteiger partial charge in [0.25, 0.3) is 0 Å². The molecule has 0 radical (unpaired) electrons. The third-order valence-electron chi connectivity index (χ3n) is 3.99. The average Bonchev–Trinajstić information content (AvgIpc) is 2.56. The second-order valence-electron chi connectivity index (χ2n) is 6.54. The molecule has 0 aromatic heterocycles. The Kier molecular flexibility index (Phi) is 12.0. The van der Waals surface area contributed by atoms with Crippen LogP contribution in [-0.2, 0) is 10.2 Å². The van der Waals surface area contributed by atoms with Gasteiger partial charge in [0.15, 0.2) is 5.96 Å². The highest BCUT2D eigenvalue weighted by molar-refractivity contribution is 14.0. The predicted octanol–water partition coefficient (Wildman–Crippen LogP) is 2.46. The van der Waals surface area contributed by atoms with Crippen LogP contribution in [0.4, 0.5) is 4.39 Å². The monoisotopic (exact) mass is 466 g/mol. The van der Waals surface area contributed by atoms with E-state index in [0.717, 1.165) is 37.8 Å². The van der Waals surface area contributed by atoms with Crippen LogP contribution < -0.4 is 10.6 Å². The van der Waals surface area contributed by atoms with Crippen molar-refractivity contribution in [3.8, 4) is 0 Å². The second kappa shape index (κ2) is 12.4. The fraction of sp³-hybridized carbons (Fsp3) is 0.611. The minimum atomic E-state index is -0.206. The summed E-state index contributed by atoms with van der Waals surface area (Å²) >= 11 is 0. The third kappa shape index (κ3) is 9.37. The van der Waals surface area contributed by atoms with Gasteiger partial charge in [0.1, 0.15) is 5.82 Å². The number of nitrogens with one attached hydrogen (secondary N) is 2. The minimum Gasteiger partial charge on any atom is -0.383 e. The molecule has 0 fully saturated rings. The van der Waals surface area contributed by atoms with Crippen LogP contribution in [0.15, 0.2) is 29.3 Å². The lowest BCUT2D eigenvalue weighted by Gasteiger charge is -2.27. The van der Waals surface area contributed by atoms with E-state index in [0.29, 0.717) is 6.54 Å². The first-order valence-corrected chi connectivity index (χ1v) is 8.27. The van der Waals surface area contributed by atoms with Gasteiger partial charge in [-0.3, -0.25) is 4.99 Å². The molecule has 25 heavy (non-hydrogen) atoms. The van der Waals surface area contributed by atoms with Gasteiger partial charge in [-0.05, 0) is 24.7 Å². The zero-order chi connectivity index (χ0) is 18.0. The Morgan fingerprint density at radius 1 is 1.28 bits per heavy atom. The van der Waals surface area contributed by atoms with Gasteiger partial charge in [-0.25, -0.2) is 4.39 Å². The van der Waals surface area contributed by atoms with Gasteiger partial charge in [-0.1, -0.05) is 26.0 Å². The molecule has 5 nitrogen and oxygen atoms in total. The molecule has 0 saturated carbocycles. The molecular formula is C18H32FIN4O. The van der Waals surface area contributed by atoms with Crippen LogP contribution in [-0.4, -0.2) is 64.9 Å². The Hall–Kier alpha value is -0.930. The molecule has 0 atom stereocenters. The number of aliphatic imine (C=N–C) groups is 1. The number of likely N-dealkylation sites (N-methyl/N-ethyl adjacent to an activating group) is 1. The Labute approximate surface area is 168 Å². The Morgan fingerprint density at radius 3 is 2.60 bits per heavy atom. The van der Waals surface area contributed by atoms with Crippen molar-refractivity contribution >= 4 is 29.9 Å². The van der Waals surface area contributed by atoms with Crippen LogP contribution in [0.5, 0.6) is 0 Å². The summed E-state index contributed by atoms with van der Waals surface area (Å²) in [6.45, 7) is 8.15. The number of hydrogen-bond acceptors (Lipinski definition) is 3. The summed E-state index contributed by atoms with van der Waals surface area (Å²) in [5.74, 6) is 0.543. The van der Waals surface area contributed by atoms with Crippen molar-refractivity contribution in [2.24, 2.45) is 4.99 Å². The van der Waals surface area contributed by atoms with E-state index < -0.39 is 0 Å². The maximum atomic E-state index is 13.4. The number of methoxy groups -OCH3 is 1. The van der Waals surface area contributed by atoms with Crippen molar-refractivity contribution in [2.75, 3.05) is 54.0 Å². The van der Waals surface area contributed by atoms with E-state index in [4.69, 9.17) is 4.74 Å². The van der Waals surface area contributed by atoms with Crippen LogP contribution in [0.3, 0.4) is 0 Å². The zero-order valence-electron chi connectivity index (χ0n) is 15.9. The van der Waals surface area contributed by atoms with Crippen LogP contribution >= 0.6 is 24.0 Å². The molecule has 2 N–H and O–H groups in total. The van der Waals surface area contributed by atoms with Gasteiger partial charge in [-0.2, -0.15) is 0 Å². The van der Waals surface area contributed by atoms with Gasteiger partial charge in [-0.15, -0.1) is 24.0 Å². The fourth-order valence-corrected chi connectivity index (χ4v) is 2.26. The highest BCUT2D eigenvalue weighted by atomic mass is 127. The number of halogens is 2. The molecule has 0 heterocycles. The summed E-state index contributed by atoms with van der Waals surface area (Å²) in [5, 5.41) is 6.61. The van der Waals surface area contributed by atoms with Crippen molar-refractivity contribution in [1.29, 1.82) is 0 Å². The molecule has 7 heteroatoms. The lowest BCUT2D eigenvalue weighted by Crippen LogP contribution is -2.45. The molecule has 0 aliphatic rings. The molecule has 1 aromatic carbocycles. The maximum absolute atomic E-state index is 13.4. The summed E-state index contributed by atoms with van der Waals surface area (Å²) in [6, 6.07) is 6.75. The van der Waals surface area contributed by atoms with E-state index in [2.05, 4.69) is 41.4 Å². The topological polar surface area (TPSA) is 48.9 Å². The third-order valence-corrected chi connectivity index (χ3v) is 3.99. The van der Waals surface area contributed by atoms with Crippen molar-refractivity contribution in [2.45, 2.75) is 19.3 Å². The molecule has 144 valence electrons. The summed E-state index contributed by atoms with van der Waals surface area (Å²) in [7, 11) is 5.52. The number of ether oxygens (including phenoxy) is 1. The largest absolute Gasteiger partial charge is 0.383 e. The van der Waals surface area contributed by atoms with Crippen LogP contribution in [0.2, 0.25) is 0 Å². The van der Waals surface area contributed by atoms with Crippen LogP contribution in [0.1, 0.15) is 19.4 Å². The minimum absolute atomic E-state index is 0. The van der Waals surface area contributed by atoms with Gasteiger partial charge < -0.3 is 20.3 Å². The Balaban J connectivity index is 0.00000576. The lowest BCUT2D eigenvalue weighted by molar-refractivity contribution is 0.162. The van der Waals surface area contributed by atoms with Crippen molar-refractivity contribution < 1.29 is 9.13 Å². The molecule has 1 rings (SSSR count). The molecule has 0 amide bonds. The molecule has 0 aliphatic heterocycles. The van der Waals surface area contributed by atoms with Crippen molar-refractivity contribution in [1.82, 2.24) is 15.5 Å². The zero-order valence-corrected chi connectivity index (χ0v) is 18.3. The number of hydrogen-bond donors (Lipinski definition) is 2. The van der Waals surface area contributed by atoms with E-state index in [-0.39, 0.29) is 35.2 Å². The molecule has 1 aromatic rings. The Morgan fingerprint density at radius 2 is 2.00 bits per heavy atom. The molecule has 0 bridgehead atoms. The lowest BCUT2D eigenvalue weighted by atomic mass is 9.84. The molecular weight excluding hydrogens is 434 g/mol. The first-order chi connectivity index (χ1) is 11.4. The van der Waals surface area contributed by atoms with Gasteiger partial charge in [0, 0.05) is 45.8 Å². The number of nitrogens with zero attached hydrogens (tertiary/aromatic N) is 2. The fourth-order valence-electron chi connectivity index (χ4n) is 2.26. The summed E-state index contributed by atoms with van der Waals surface area (Å²) in [6.07, 6.45) is 0. The standard InChI is InChI=1S/C18H31FN4O.HI/c1-18(2,15-7-6-8-16(19)13-15)14-22-17(20-3)21-9-10-23(4)11-12-24-5;/h6-8,13H,9-12,14H2,1-5H3,(H2,20,21,22);1H. The SMILES string of the molecule is CN=C(NCCN(C)CCOC)NCC(C)(C)c1cccc(F)c1.I. The second-order valence-corrected chi connectivity index (χ2v) is 6.54. The smallest absolute Gasteiger partial charge is 0.191 e. The number of benzene rings is 1. The highest BCUT2D eigenvalue weighted by Gasteiger charge is 2.21. The van der Waals surface area contributed by atoms with E-state index in [9.17, 15) is 4.39 Å². The van der Waals surface area contributed by atoms with Crippen molar-refractivity contribution in [3.63, 3.8) is 0 Å². The van der Waals surface area contributed by atoms with Gasteiger partial charge >= 0.3 is 0 Å². The predicted molar refractivity (Wildman–Crippen MR) is 114 cm³/mol. The molecule has 0 saturated heterocycles. The highest BCUT2D eigenvalue weighted by Crippen LogP contribution is 2.22. The van der Waals surface area contributed by atoms with Crippen LogP contribution in [0.25, 0.3) is 0 Å². The van der Waals surface area contributed by atoms with Gasteiger partial charge in [0.2, 0.25) is 0 Å². The van der Waals surface area contributed by atoms with Crippen LogP contribution in [0, 0.1) is 5.82 Å². The van der Waals surface area contributed by atoms with E-state index in [1.165, 1.54) is 6.07 Å². The van der Waals surface area contributed by atoms with E-state index in [1.807, 2.05) is 6.07 Å². The number of rotatable bonds is 9. The maximum Gasteiger partial charge on any atom is 0.191 e. The average molecular weight is 466 g/mol. The van der Waals surface area contributed by atoms with E-state index >= 15 is 0 Å². The Bertz CT molecular complexity index is 526. The van der Waals surface area contributed by atoms with Gasteiger partial charge in [0.05, 0.1) is 6.61 Å². The normalized spacial score (nSPS) is 12.0. The first-order valence-electron chi connectivity index (χ1n) is 8.27. The first kappa shape index (κ1) is 24.1.